The minimum Gasteiger partial charge on any atom is -0.318 e. The molecule has 0 fully saturated rings. The van der Waals surface area contributed by atoms with E-state index in [1.54, 1.807) is 42.6 Å². The summed E-state index contributed by atoms with van der Waals surface area (Å²) in [6.07, 6.45) is 1.55. The second kappa shape index (κ2) is 11.5. The minimum atomic E-state index is -4.01. The number of carbonyl (C=O) groups excluding carboxylic acids is 1. The van der Waals surface area contributed by atoms with Crippen molar-refractivity contribution in [2.75, 3.05) is 10.8 Å². The van der Waals surface area contributed by atoms with Crippen LogP contribution >= 0.6 is 11.6 Å². The number of hydrogen-bond donors (Lipinski definition) is 1. The lowest BCUT2D eigenvalue weighted by Gasteiger charge is -2.24. The lowest BCUT2D eigenvalue weighted by atomic mass is 10.1. The van der Waals surface area contributed by atoms with Crippen LogP contribution in [0.1, 0.15) is 33.6 Å². The minimum absolute atomic E-state index is 0.107. The molecule has 0 spiro atoms. The number of sulfonamides is 1. The molecule has 0 saturated carbocycles. The Morgan fingerprint density at radius 3 is 2.33 bits per heavy atom. The van der Waals surface area contributed by atoms with E-state index in [-0.39, 0.29) is 4.90 Å². The molecule has 0 unspecified atom stereocenters. The van der Waals surface area contributed by atoms with Crippen molar-refractivity contribution in [2.45, 2.75) is 39.5 Å². The Bertz CT molecular complexity index is 1660. The summed E-state index contributed by atoms with van der Waals surface area (Å²) in [5.41, 5.74) is 9.41. The van der Waals surface area contributed by atoms with Crippen LogP contribution in [-0.2, 0) is 14.8 Å². The van der Waals surface area contributed by atoms with E-state index >= 15 is 0 Å². The first-order chi connectivity index (χ1) is 18.5. The third kappa shape index (κ3) is 6.24. The standard InChI is InChI=1S/C30H31ClN4O3S/c1-20-9-13-29(14-10-20)39(37,38)34(27-12-11-21(2)22(3)15-27)19-30(36)33-32-18-25-16-23(4)35(24(25)5)28-8-6-7-26(31)17-28/h6-18H,19H2,1-5H3,(H,33,36)/b32-18-. The van der Waals surface area contributed by atoms with Crippen molar-refractivity contribution in [2.24, 2.45) is 5.10 Å². The van der Waals surface area contributed by atoms with Gasteiger partial charge < -0.3 is 4.57 Å². The predicted molar refractivity (Wildman–Crippen MR) is 158 cm³/mol. The third-order valence-corrected chi connectivity index (χ3v) is 8.63. The first-order valence-corrected chi connectivity index (χ1v) is 14.2. The summed E-state index contributed by atoms with van der Waals surface area (Å²) in [5.74, 6) is -0.566. The van der Waals surface area contributed by atoms with Crippen molar-refractivity contribution < 1.29 is 13.2 Å². The van der Waals surface area contributed by atoms with Crippen LogP contribution in [0, 0.1) is 34.6 Å². The highest BCUT2D eigenvalue weighted by Crippen LogP contribution is 2.26. The lowest BCUT2D eigenvalue weighted by molar-refractivity contribution is -0.119. The van der Waals surface area contributed by atoms with Crippen molar-refractivity contribution in [3.8, 4) is 5.69 Å². The van der Waals surface area contributed by atoms with E-state index in [9.17, 15) is 13.2 Å². The molecule has 39 heavy (non-hydrogen) atoms. The van der Waals surface area contributed by atoms with Crippen LogP contribution in [0.5, 0.6) is 0 Å². The largest absolute Gasteiger partial charge is 0.318 e. The van der Waals surface area contributed by atoms with E-state index < -0.39 is 22.5 Å². The van der Waals surface area contributed by atoms with Crippen molar-refractivity contribution in [3.63, 3.8) is 0 Å². The summed E-state index contributed by atoms with van der Waals surface area (Å²) in [6.45, 7) is 9.23. The van der Waals surface area contributed by atoms with E-state index in [2.05, 4.69) is 10.5 Å². The van der Waals surface area contributed by atoms with Gasteiger partial charge in [0.15, 0.2) is 0 Å². The fourth-order valence-electron chi connectivity index (χ4n) is 4.30. The topological polar surface area (TPSA) is 83.8 Å². The molecular weight excluding hydrogens is 532 g/mol. The van der Waals surface area contributed by atoms with Crippen LogP contribution in [0.2, 0.25) is 5.02 Å². The number of rotatable bonds is 8. The molecule has 1 amide bonds. The first-order valence-electron chi connectivity index (χ1n) is 12.4. The molecule has 4 rings (SSSR count). The molecular formula is C30H31ClN4O3S. The number of aryl methyl sites for hydroxylation is 4. The van der Waals surface area contributed by atoms with Crippen LogP contribution < -0.4 is 9.73 Å². The zero-order valence-electron chi connectivity index (χ0n) is 22.6. The number of aromatic nitrogens is 1. The molecule has 0 bridgehead atoms. The zero-order chi connectivity index (χ0) is 28.3. The highest BCUT2D eigenvalue weighted by Gasteiger charge is 2.27. The average molecular weight is 563 g/mol. The van der Waals surface area contributed by atoms with Gasteiger partial charge in [-0.2, -0.15) is 5.10 Å². The van der Waals surface area contributed by atoms with Gasteiger partial charge >= 0.3 is 0 Å². The van der Waals surface area contributed by atoms with E-state index in [0.717, 1.165) is 43.6 Å². The molecule has 0 atom stereocenters. The summed E-state index contributed by atoms with van der Waals surface area (Å²) in [7, 11) is -4.01. The van der Waals surface area contributed by atoms with Crippen molar-refractivity contribution >= 4 is 39.4 Å². The van der Waals surface area contributed by atoms with Crippen LogP contribution in [0.4, 0.5) is 5.69 Å². The van der Waals surface area contributed by atoms with Gasteiger partial charge in [0.25, 0.3) is 15.9 Å². The van der Waals surface area contributed by atoms with Gasteiger partial charge in [0.1, 0.15) is 6.54 Å². The van der Waals surface area contributed by atoms with E-state index in [1.807, 2.05) is 75.6 Å². The summed E-state index contributed by atoms with van der Waals surface area (Å²) < 4.78 is 30.4. The lowest BCUT2D eigenvalue weighted by Crippen LogP contribution is -2.39. The Morgan fingerprint density at radius 2 is 1.67 bits per heavy atom. The van der Waals surface area contributed by atoms with Crippen molar-refractivity contribution in [3.05, 3.63) is 111 Å². The second-order valence-electron chi connectivity index (χ2n) is 9.53. The number of carbonyl (C=O) groups is 1. The SMILES string of the molecule is Cc1ccc(S(=O)(=O)N(CC(=O)N/N=C\c2cc(C)n(-c3cccc(Cl)c3)c2C)c2ccc(C)c(C)c2)cc1. The summed E-state index contributed by atoms with van der Waals surface area (Å²) in [6, 6.07) is 21.4. The molecule has 9 heteroatoms. The number of anilines is 1. The predicted octanol–water partition coefficient (Wildman–Crippen LogP) is 6.02. The van der Waals surface area contributed by atoms with Gasteiger partial charge in [0, 0.05) is 27.7 Å². The number of hydrogen-bond acceptors (Lipinski definition) is 4. The Balaban J connectivity index is 1.57. The number of halogens is 1. The summed E-state index contributed by atoms with van der Waals surface area (Å²) in [5, 5.41) is 4.76. The second-order valence-corrected chi connectivity index (χ2v) is 11.8. The number of nitrogens with one attached hydrogen (secondary N) is 1. The Labute approximate surface area is 234 Å². The molecule has 7 nitrogen and oxygen atoms in total. The molecule has 1 heterocycles. The molecule has 0 aliphatic carbocycles. The molecule has 202 valence electrons. The van der Waals surface area contributed by atoms with Crippen molar-refractivity contribution in [1.29, 1.82) is 0 Å². The van der Waals surface area contributed by atoms with Crippen LogP contribution in [-0.4, -0.2) is 31.7 Å². The fraction of sp³-hybridized carbons (Fsp3) is 0.200. The first kappa shape index (κ1) is 28.1. The van der Waals surface area contributed by atoms with Gasteiger partial charge in [-0.15, -0.1) is 0 Å². The maximum absolute atomic E-state index is 13.6. The van der Waals surface area contributed by atoms with Crippen molar-refractivity contribution in [1.82, 2.24) is 9.99 Å². The quantitative estimate of drug-likeness (QED) is 0.210. The van der Waals surface area contributed by atoms with Gasteiger partial charge in [-0.25, -0.2) is 13.8 Å². The summed E-state index contributed by atoms with van der Waals surface area (Å²) in [4.78, 5) is 13.1. The molecule has 4 aromatic rings. The van der Waals surface area contributed by atoms with E-state index in [4.69, 9.17) is 11.6 Å². The summed E-state index contributed by atoms with van der Waals surface area (Å²) >= 11 is 6.17. The van der Waals surface area contributed by atoms with Crippen LogP contribution in [0.25, 0.3) is 5.69 Å². The smallest absolute Gasteiger partial charge is 0.264 e. The molecule has 1 aromatic heterocycles. The van der Waals surface area contributed by atoms with Gasteiger partial charge in [0.2, 0.25) is 0 Å². The van der Waals surface area contributed by atoms with Gasteiger partial charge in [-0.1, -0.05) is 41.4 Å². The molecule has 1 N–H and O–H groups in total. The maximum atomic E-state index is 13.6. The van der Waals surface area contributed by atoms with E-state index in [0.29, 0.717) is 10.7 Å². The fourth-order valence-corrected chi connectivity index (χ4v) is 5.90. The number of nitrogens with zero attached hydrogens (tertiary/aromatic N) is 3. The van der Waals surface area contributed by atoms with Crippen LogP contribution in [0.15, 0.2) is 82.8 Å². The third-order valence-electron chi connectivity index (χ3n) is 6.60. The Kier molecular flexibility index (Phi) is 8.28. The van der Waals surface area contributed by atoms with E-state index in [1.165, 1.54) is 0 Å². The molecule has 3 aromatic carbocycles. The highest BCUT2D eigenvalue weighted by molar-refractivity contribution is 7.92. The van der Waals surface area contributed by atoms with Gasteiger partial charge in [0.05, 0.1) is 16.8 Å². The van der Waals surface area contributed by atoms with Crippen LogP contribution in [0.3, 0.4) is 0 Å². The average Bonchev–Trinajstić information content (AvgIpc) is 3.17. The number of hydrazone groups is 1. The zero-order valence-corrected chi connectivity index (χ0v) is 24.1. The highest BCUT2D eigenvalue weighted by atomic mass is 35.5. The normalized spacial score (nSPS) is 11.6. The molecule has 0 aliphatic heterocycles. The molecule has 0 saturated heterocycles. The number of benzene rings is 3. The monoisotopic (exact) mass is 562 g/mol. The Morgan fingerprint density at radius 1 is 0.949 bits per heavy atom. The Hall–Kier alpha value is -3.88. The molecule has 0 radical (unpaired) electrons. The number of amides is 1. The van der Waals surface area contributed by atoms with Gasteiger partial charge in [-0.05, 0) is 94.3 Å². The molecule has 0 aliphatic rings. The van der Waals surface area contributed by atoms with Gasteiger partial charge in [-0.3, -0.25) is 9.10 Å². The maximum Gasteiger partial charge on any atom is 0.264 e.